The van der Waals surface area contributed by atoms with Crippen LogP contribution in [0.4, 0.5) is 0 Å². The average molecular weight is 275 g/mol. The number of rotatable bonds is 3. The summed E-state index contributed by atoms with van der Waals surface area (Å²) in [5.74, 6) is 0.842. The molecular formula is C11H13BrClN. The van der Waals surface area contributed by atoms with E-state index in [1.807, 2.05) is 18.2 Å². The van der Waals surface area contributed by atoms with E-state index in [0.717, 1.165) is 22.8 Å². The zero-order chi connectivity index (χ0) is 9.97. The molecule has 1 aliphatic rings. The van der Waals surface area contributed by atoms with Crippen molar-refractivity contribution >= 4 is 27.5 Å². The number of alkyl halides is 1. The highest BCUT2D eigenvalue weighted by atomic mass is 79.9. The van der Waals surface area contributed by atoms with Gasteiger partial charge in [0.2, 0.25) is 0 Å². The lowest BCUT2D eigenvalue weighted by Crippen LogP contribution is -2.46. The maximum Gasteiger partial charge on any atom is 0.0409 e. The van der Waals surface area contributed by atoms with E-state index in [0.29, 0.717) is 0 Å². The lowest BCUT2D eigenvalue weighted by molar-refractivity contribution is 0.108. The average Bonchev–Trinajstić information content (AvgIpc) is 2.10. The Bertz CT molecular complexity index is 310. The molecule has 0 unspecified atom stereocenters. The van der Waals surface area contributed by atoms with Crippen molar-refractivity contribution in [3.63, 3.8) is 0 Å². The number of hydrogen-bond donors (Lipinski definition) is 0. The van der Waals surface area contributed by atoms with E-state index in [-0.39, 0.29) is 0 Å². The third-order valence-corrected chi connectivity index (χ3v) is 3.70. The summed E-state index contributed by atoms with van der Waals surface area (Å²) in [6.45, 7) is 3.44. The van der Waals surface area contributed by atoms with Crippen LogP contribution in [0.5, 0.6) is 0 Å². The second kappa shape index (κ2) is 4.65. The van der Waals surface area contributed by atoms with Crippen molar-refractivity contribution in [2.45, 2.75) is 6.54 Å². The molecule has 0 N–H and O–H groups in total. The predicted molar refractivity (Wildman–Crippen MR) is 64.0 cm³/mol. The molecule has 1 aromatic rings. The lowest BCUT2D eigenvalue weighted by atomic mass is 10.0. The van der Waals surface area contributed by atoms with Crippen LogP contribution in [0, 0.1) is 5.92 Å². The summed E-state index contributed by atoms with van der Waals surface area (Å²) < 4.78 is 0. The van der Waals surface area contributed by atoms with Gasteiger partial charge in [-0.15, -0.1) is 0 Å². The van der Waals surface area contributed by atoms with Gasteiger partial charge in [-0.25, -0.2) is 0 Å². The minimum absolute atomic E-state index is 0.833. The minimum Gasteiger partial charge on any atom is -0.298 e. The van der Waals surface area contributed by atoms with Crippen molar-refractivity contribution in [2.24, 2.45) is 5.92 Å². The van der Waals surface area contributed by atoms with Crippen LogP contribution in [0.1, 0.15) is 5.56 Å². The van der Waals surface area contributed by atoms with Gasteiger partial charge in [-0.3, -0.25) is 4.90 Å². The quantitative estimate of drug-likeness (QED) is 0.765. The first-order chi connectivity index (χ1) is 6.78. The van der Waals surface area contributed by atoms with Gasteiger partial charge in [0.25, 0.3) is 0 Å². The van der Waals surface area contributed by atoms with E-state index < -0.39 is 0 Å². The Balaban J connectivity index is 1.87. The van der Waals surface area contributed by atoms with Crippen LogP contribution >= 0.6 is 27.5 Å². The third kappa shape index (κ3) is 2.50. The van der Waals surface area contributed by atoms with Gasteiger partial charge in [-0.1, -0.05) is 39.7 Å². The molecule has 14 heavy (non-hydrogen) atoms. The first-order valence-electron chi connectivity index (χ1n) is 4.80. The second-order valence-corrected chi connectivity index (χ2v) is 4.93. The maximum atomic E-state index is 5.92. The first-order valence-corrected chi connectivity index (χ1v) is 6.30. The van der Waals surface area contributed by atoms with Gasteiger partial charge < -0.3 is 0 Å². The van der Waals surface area contributed by atoms with Crippen molar-refractivity contribution in [3.05, 3.63) is 34.9 Å². The maximum absolute atomic E-state index is 5.92. The highest BCUT2D eigenvalue weighted by Gasteiger charge is 2.24. The third-order valence-electron chi connectivity index (χ3n) is 2.55. The molecule has 1 heterocycles. The number of nitrogens with zero attached hydrogens (tertiary/aromatic N) is 1. The summed E-state index contributed by atoms with van der Waals surface area (Å²) in [5.41, 5.74) is 1.31. The highest BCUT2D eigenvalue weighted by molar-refractivity contribution is 9.09. The normalized spacial score (nSPS) is 18.1. The zero-order valence-corrected chi connectivity index (χ0v) is 10.3. The van der Waals surface area contributed by atoms with Crippen LogP contribution in [0.15, 0.2) is 24.3 Å². The minimum atomic E-state index is 0.833. The standard InChI is InChI=1S/C11H13BrClN/c12-5-10-7-14(8-10)6-9-2-1-3-11(13)4-9/h1-4,10H,5-8H2. The van der Waals surface area contributed by atoms with Crippen LogP contribution in [0.25, 0.3) is 0 Å². The summed E-state index contributed by atoms with van der Waals surface area (Å²) >= 11 is 9.42. The Kier molecular flexibility index (Phi) is 3.47. The van der Waals surface area contributed by atoms with Gasteiger partial charge in [-0.2, -0.15) is 0 Å². The van der Waals surface area contributed by atoms with Crippen molar-refractivity contribution in [2.75, 3.05) is 18.4 Å². The van der Waals surface area contributed by atoms with E-state index in [9.17, 15) is 0 Å². The largest absolute Gasteiger partial charge is 0.298 e. The smallest absolute Gasteiger partial charge is 0.0409 e. The molecule has 1 aromatic carbocycles. The van der Waals surface area contributed by atoms with E-state index >= 15 is 0 Å². The molecule has 0 saturated carbocycles. The predicted octanol–water partition coefficient (Wildman–Crippen LogP) is 3.17. The molecule has 0 bridgehead atoms. The van der Waals surface area contributed by atoms with Crippen molar-refractivity contribution < 1.29 is 0 Å². The SMILES string of the molecule is Clc1cccc(CN2CC(CBr)C2)c1. The van der Waals surface area contributed by atoms with Crippen molar-refractivity contribution in [1.29, 1.82) is 0 Å². The molecule has 76 valence electrons. The van der Waals surface area contributed by atoms with Crippen LogP contribution in [-0.4, -0.2) is 23.3 Å². The first kappa shape index (κ1) is 10.5. The van der Waals surface area contributed by atoms with E-state index in [4.69, 9.17) is 11.6 Å². The van der Waals surface area contributed by atoms with Gasteiger partial charge >= 0.3 is 0 Å². The van der Waals surface area contributed by atoms with Crippen molar-refractivity contribution in [1.82, 2.24) is 4.90 Å². The van der Waals surface area contributed by atoms with Crippen LogP contribution in [0.2, 0.25) is 5.02 Å². The Hall–Kier alpha value is -0.0500. The summed E-state index contributed by atoms with van der Waals surface area (Å²) in [7, 11) is 0. The molecule has 1 saturated heterocycles. The van der Waals surface area contributed by atoms with Crippen LogP contribution < -0.4 is 0 Å². The molecule has 0 amide bonds. The molecule has 0 radical (unpaired) electrons. The fourth-order valence-corrected chi connectivity index (χ4v) is 2.42. The topological polar surface area (TPSA) is 3.24 Å². The Morgan fingerprint density at radius 1 is 1.43 bits per heavy atom. The molecule has 0 aliphatic carbocycles. The van der Waals surface area contributed by atoms with Gasteiger partial charge in [0, 0.05) is 30.0 Å². The lowest BCUT2D eigenvalue weighted by Gasteiger charge is -2.38. The van der Waals surface area contributed by atoms with Crippen LogP contribution in [0.3, 0.4) is 0 Å². The molecule has 0 spiro atoms. The summed E-state index contributed by atoms with van der Waals surface area (Å²) in [6.07, 6.45) is 0. The van der Waals surface area contributed by atoms with Crippen molar-refractivity contribution in [3.8, 4) is 0 Å². The zero-order valence-electron chi connectivity index (χ0n) is 7.92. The van der Waals surface area contributed by atoms with Gasteiger partial charge in [0.15, 0.2) is 0 Å². The summed E-state index contributed by atoms with van der Waals surface area (Å²) in [5, 5.41) is 1.96. The molecule has 1 nitrogen and oxygen atoms in total. The molecule has 1 fully saturated rings. The molecule has 1 aliphatic heterocycles. The number of benzene rings is 1. The fourth-order valence-electron chi connectivity index (χ4n) is 1.80. The second-order valence-electron chi connectivity index (χ2n) is 3.84. The number of hydrogen-bond acceptors (Lipinski definition) is 1. The fraction of sp³-hybridized carbons (Fsp3) is 0.455. The molecule has 3 heteroatoms. The number of likely N-dealkylation sites (tertiary alicyclic amines) is 1. The van der Waals surface area contributed by atoms with Gasteiger partial charge in [0.1, 0.15) is 0 Å². The summed E-state index contributed by atoms with van der Waals surface area (Å²) in [4.78, 5) is 2.44. The molecule has 2 rings (SSSR count). The molecule has 0 atom stereocenters. The number of halogens is 2. The van der Waals surface area contributed by atoms with Crippen LogP contribution in [-0.2, 0) is 6.54 Å². The highest BCUT2D eigenvalue weighted by Crippen LogP contribution is 2.21. The Morgan fingerprint density at radius 3 is 2.86 bits per heavy atom. The summed E-state index contributed by atoms with van der Waals surface area (Å²) in [6, 6.07) is 8.11. The van der Waals surface area contributed by atoms with E-state index in [1.54, 1.807) is 0 Å². The van der Waals surface area contributed by atoms with E-state index in [1.165, 1.54) is 18.7 Å². The van der Waals surface area contributed by atoms with E-state index in [2.05, 4.69) is 26.9 Å². The molecule has 0 aromatic heterocycles. The van der Waals surface area contributed by atoms with Gasteiger partial charge in [-0.05, 0) is 23.6 Å². The Labute approximate surface area is 98.2 Å². The Morgan fingerprint density at radius 2 is 2.21 bits per heavy atom. The van der Waals surface area contributed by atoms with Gasteiger partial charge in [0.05, 0.1) is 0 Å². The monoisotopic (exact) mass is 273 g/mol. The molecular weight excluding hydrogens is 261 g/mol.